The summed E-state index contributed by atoms with van der Waals surface area (Å²) in [6, 6.07) is 11.5. The number of sulfonamides is 1. The van der Waals surface area contributed by atoms with Gasteiger partial charge in [0.2, 0.25) is 10.0 Å². The van der Waals surface area contributed by atoms with Gasteiger partial charge in [-0.05, 0) is 41.5 Å². The van der Waals surface area contributed by atoms with Gasteiger partial charge in [0, 0.05) is 18.0 Å². The van der Waals surface area contributed by atoms with Crippen molar-refractivity contribution in [3.05, 3.63) is 57.3 Å². The molecule has 2 rings (SSSR count). The summed E-state index contributed by atoms with van der Waals surface area (Å²) in [5, 5.41) is 8.98. The Bertz CT molecular complexity index is 877. The first-order valence-electron chi connectivity index (χ1n) is 8.83. The number of carboxylic acids is 1. The summed E-state index contributed by atoms with van der Waals surface area (Å²) in [6.07, 6.45) is 2.53. The number of benzene rings is 1. The first kappa shape index (κ1) is 21.6. The van der Waals surface area contributed by atoms with Crippen molar-refractivity contribution in [3.63, 3.8) is 0 Å². The van der Waals surface area contributed by atoms with Gasteiger partial charge in [-0.1, -0.05) is 45.0 Å². The maximum Gasteiger partial charge on any atom is 0.345 e. The summed E-state index contributed by atoms with van der Waals surface area (Å²) >= 11 is 1.24. The van der Waals surface area contributed by atoms with Crippen LogP contribution in [0.3, 0.4) is 0 Å². The highest BCUT2D eigenvalue weighted by atomic mass is 32.2. The zero-order chi connectivity index (χ0) is 20.2. The molecule has 0 atom stereocenters. The maximum absolute atomic E-state index is 12.1. The number of thiophene rings is 1. The number of nitrogens with zero attached hydrogens (tertiary/aromatic N) is 1. The van der Waals surface area contributed by atoms with Crippen molar-refractivity contribution in [2.45, 2.75) is 45.6 Å². The summed E-state index contributed by atoms with van der Waals surface area (Å²) in [7, 11) is -3.32. The summed E-state index contributed by atoms with van der Waals surface area (Å²) < 4.78 is 25.8. The Morgan fingerprint density at radius 2 is 1.74 bits per heavy atom. The van der Waals surface area contributed by atoms with Crippen molar-refractivity contribution >= 4 is 27.3 Å². The Kier molecular flexibility index (Phi) is 6.83. The molecule has 7 heteroatoms. The van der Waals surface area contributed by atoms with Crippen LogP contribution in [0.5, 0.6) is 0 Å². The van der Waals surface area contributed by atoms with E-state index in [1.54, 1.807) is 12.1 Å². The Morgan fingerprint density at radius 1 is 1.11 bits per heavy atom. The molecule has 1 heterocycles. The van der Waals surface area contributed by atoms with Crippen LogP contribution in [-0.4, -0.2) is 36.6 Å². The van der Waals surface area contributed by atoms with Crippen LogP contribution in [0, 0.1) is 0 Å². The van der Waals surface area contributed by atoms with Gasteiger partial charge in [-0.15, -0.1) is 11.3 Å². The number of rotatable bonds is 8. The second-order valence-corrected chi connectivity index (χ2v) is 10.9. The van der Waals surface area contributed by atoms with Gasteiger partial charge < -0.3 is 5.11 Å². The Labute approximate surface area is 165 Å². The minimum Gasteiger partial charge on any atom is -0.477 e. The van der Waals surface area contributed by atoms with Crippen LogP contribution in [-0.2, 0) is 28.4 Å². The minimum atomic E-state index is -3.32. The number of aryl methyl sites for hydroxylation is 1. The molecule has 0 aliphatic heterocycles. The molecule has 0 bridgehead atoms. The third kappa shape index (κ3) is 6.45. The van der Waals surface area contributed by atoms with E-state index in [2.05, 4.69) is 32.9 Å². The van der Waals surface area contributed by atoms with Crippen LogP contribution in [0.15, 0.2) is 36.4 Å². The predicted octanol–water partition coefficient (Wildman–Crippen LogP) is 4.14. The van der Waals surface area contributed by atoms with E-state index in [1.165, 1.54) is 27.5 Å². The van der Waals surface area contributed by atoms with Gasteiger partial charge in [0.15, 0.2) is 0 Å². The van der Waals surface area contributed by atoms with Gasteiger partial charge in [-0.25, -0.2) is 13.2 Å². The van der Waals surface area contributed by atoms with Gasteiger partial charge in [0.25, 0.3) is 0 Å². The highest BCUT2D eigenvalue weighted by Gasteiger charge is 2.18. The van der Waals surface area contributed by atoms with Gasteiger partial charge >= 0.3 is 5.97 Å². The number of carbonyl (C=O) groups is 1. The fourth-order valence-electron chi connectivity index (χ4n) is 2.73. The maximum atomic E-state index is 12.1. The highest BCUT2D eigenvalue weighted by Crippen LogP contribution is 2.23. The molecule has 2 aromatic rings. The normalized spacial score (nSPS) is 12.5. The molecule has 0 radical (unpaired) electrons. The molecule has 0 amide bonds. The van der Waals surface area contributed by atoms with Crippen LogP contribution >= 0.6 is 11.3 Å². The van der Waals surface area contributed by atoms with Crippen LogP contribution in [0.2, 0.25) is 0 Å². The summed E-state index contributed by atoms with van der Waals surface area (Å²) in [4.78, 5) is 12.2. The molecule has 5 nitrogen and oxygen atoms in total. The molecule has 0 aliphatic rings. The first-order chi connectivity index (χ1) is 12.5. The molecule has 0 saturated heterocycles. The molecule has 27 heavy (non-hydrogen) atoms. The number of carboxylic acid groups (broad SMARTS) is 1. The second kappa shape index (κ2) is 8.54. The monoisotopic (exact) mass is 409 g/mol. The van der Waals surface area contributed by atoms with Crippen molar-refractivity contribution in [3.8, 4) is 0 Å². The van der Waals surface area contributed by atoms with E-state index in [9.17, 15) is 13.2 Å². The molecule has 148 valence electrons. The van der Waals surface area contributed by atoms with Crippen molar-refractivity contribution in [2.24, 2.45) is 0 Å². The number of hydrogen-bond acceptors (Lipinski definition) is 4. The topological polar surface area (TPSA) is 74.7 Å². The Balaban J connectivity index is 2.00. The van der Waals surface area contributed by atoms with Crippen molar-refractivity contribution in [2.75, 3.05) is 12.8 Å². The average molecular weight is 410 g/mol. The van der Waals surface area contributed by atoms with Crippen LogP contribution in [0.4, 0.5) is 0 Å². The van der Waals surface area contributed by atoms with Crippen LogP contribution < -0.4 is 0 Å². The smallest absolute Gasteiger partial charge is 0.345 e. The summed E-state index contributed by atoms with van der Waals surface area (Å²) in [6.45, 7) is 7.18. The molecule has 0 fully saturated rings. The van der Waals surface area contributed by atoms with Gasteiger partial charge in [0.1, 0.15) is 4.88 Å². The number of hydrogen-bond donors (Lipinski definition) is 1. The van der Waals surface area contributed by atoms with Gasteiger partial charge in [0.05, 0.1) is 6.26 Å². The molecule has 1 aromatic carbocycles. The molecule has 0 aliphatic carbocycles. The quantitative estimate of drug-likeness (QED) is 0.711. The van der Waals surface area contributed by atoms with E-state index >= 15 is 0 Å². The second-order valence-electron chi connectivity index (χ2n) is 7.72. The molecular formula is C20H27NO4S2. The molecule has 0 unspecified atom stereocenters. The van der Waals surface area contributed by atoms with Gasteiger partial charge in [-0.3, -0.25) is 0 Å². The Morgan fingerprint density at radius 3 is 2.22 bits per heavy atom. The van der Waals surface area contributed by atoms with Crippen LogP contribution in [0.25, 0.3) is 0 Å². The van der Waals surface area contributed by atoms with Crippen molar-refractivity contribution in [1.82, 2.24) is 4.31 Å². The van der Waals surface area contributed by atoms with E-state index in [0.29, 0.717) is 30.8 Å². The lowest BCUT2D eigenvalue weighted by Gasteiger charge is -2.22. The van der Waals surface area contributed by atoms with E-state index in [1.807, 2.05) is 12.1 Å². The zero-order valence-corrected chi connectivity index (χ0v) is 17.9. The van der Waals surface area contributed by atoms with Crippen molar-refractivity contribution in [1.29, 1.82) is 0 Å². The van der Waals surface area contributed by atoms with E-state index < -0.39 is 16.0 Å². The SMILES string of the molecule is CC(C)(C)c1ccc(CN(CCCc2ccc(C(=O)O)s2)S(C)(=O)=O)cc1. The predicted molar refractivity (Wildman–Crippen MR) is 110 cm³/mol. The van der Waals surface area contributed by atoms with Crippen molar-refractivity contribution < 1.29 is 18.3 Å². The molecule has 1 N–H and O–H groups in total. The van der Waals surface area contributed by atoms with E-state index in [4.69, 9.17) is 5.11 Å². The molecule has 1 aromatic heterocycles. The van der Waals surface area contributed by atoms with Gasteiger partial charge in [-0.2, -0.15) is 4.31 Å². The minimum absolute atomic E-state index is 0.0601. The third-order valence-electron chi connectivity index (χ3n) is 4.35. The fourth-order valence-corrected chi connectivity index (χ4v) is 4.47. The number of aromatic carboxylic acids is 1. The lowest BCUT2D eigenvalue weighted by Crippen LogP contribution is -2.30. The third-order valence-corrected chi connectivity index (χ3v) is 6.73. The lowest BCUT2D eigenvalue weighted by atomic mass is 9.87. The zero-order valence-electron chi connectivity index (χ0n) is 16.2. The Hall–Kier alpha value is -1.70. The summed E-state index contributed by atoms with van der Waals surface area (Å²) in [5.74, 6) is -0.928. The van der Waals surface area contributed by atoms with E-state index in [-0.39, 0.29) is 5.41 Å². The highest BCUT2D eigenvalue weighted by molar-refractivity contribution is 7.88. The molecule has 0 saturated carbocycles. The first-order valence-corrected chi connectivity index (χ1v) is 11.5. The largest absolute Gasteiger partial charge is 0.477 e. The molecular weight excluding hydrogens is 382 g/mol. The average Bonchev–Trinajstić information content (AvgIpc) is 3.02. The van der Waals surface area contributed by atoms with Crippen LogP contribution in [0.1, 0.15) is 52.9 Å². The van der Waals surface area contributed by atoms with E-state index in [0.717, 1.165) is 10.4 Å². The fraction of sp³-hybridized carbons (Fsp3) is 0.450. The molecule has 0 spiro atoms. The lowest BCUT2D eigenvalue weighted by molar-refractivity contribution is 0.0702. The standard InChI is InChI=1S/C20H27NO4S2/c1-20(2,3)16-9-7-15(8-10-16)14-21(27(4,24)25)13-5-6-17-11-12-18(26-17)19(22)23/h7-12H,5-6,13-14H2,1-4H3,(H,22,23). The summed E-state index contributed by atoms with van der Waals surface area (Å²) in [5.41, 5.74) is 2.23.